The fraction of sp³-hybridized carbons (Fsp3) is 0.600. The van der Waals surface area contributed by atoms with Crippen LogP contribution in [0.1, 0.15) is 44.2 Å². The molecule has 2 amide bonds. The van der Waals surface area contributed by atoms with Crippen LogP contribution in [0.5, 0.6) is 0 Å². The molecule has 1 heterocycles. The van der Waals surface area contributed by atoms with Crippen LogP contribution in [-0.2, 0) is 9.59 Å². The van der Waals surface area contributed by atoms with Gasteiger partial charge < -0.3 is 10.6 Å². The summed E-state index contributed by atoms with van der Waals surface area (Å²) in [6.07, 6.45) is 2.58. The number of nitrogens with one attached hydrogen (secondary N) is 2. The topological polar surface area (TPSA) is 61.4 Å². The van der Waals surface area contributed by atoms with Gasteiger partial charge in [-0.2, -0.15) is 0 Å². The average Bonchev–Trinajstić information content (AvgIpc) is 2.54. The molecule has 1 unspecified atom stereocenters. The van der Waals surface area contributed by atoms with E-state index in [-0.39, 0.29) is 23.8 Å². The molecule has 1 saturated heterocycles. The van der Waals surface area contributed by atoms with Crippen molar-refractivity contribution in [2.45, 2.75) is 53.0 Å². The lowest BCUT2D eigenvalue weighted by Crippen LogP contribution is -2.44. The van der Waals surface area contributed by atoms with Gasteiger partial charge in [-0.3, -0.25) is 14.5 Å². The van der Waals surface area contributed by atoms with E-state index in [4.69, 9.17) is 0 Å². The van der Waals surface area contributed by atoms with Gasteiger partial charge in [0.05, 0.1) is 6.54 Å². The van der Waals surface area contributed by atoms with Crippen LogP contribution in [-0.4, -0.2) is 42.4 Å². The Balaban J connectivity index is 1.77. The molecule has 1 fully saturated rings. The Morgan fingerprint density at radius 3 is 2.32 bits per heavy atom. The van der Waals surface area contributed by atoms with E-state index in [9.17, 15) is 9.59 Å². The number of carbonyl (C=O) groups is 2. The molecule has 5 nitrogen and oxygen atoms in total. The highest BCUT2D eigenvalue weighted by Gasteiger charge is 2.26. The third kappa shape index (κ3) is 6.16. The van der Waals surface area contributed by atoms with E-state index in [1.807, 2.05) is 32.9 Å². The lowest BCUT2D eigenvalue weighted by atomic mass is 9.95. The van der Waals surface area contributed by atoms with Gasteiger partial charge in [-0.15, -0.1) is 0 Å². The quantitative estimate of drug-likeness (QED) is 0.833. The molecule has 0 bridgehead atoms. The smallest absolute Gasteiger partial charge is 0.238 e. The molecule has 0 radical (unpaired) electrons. The number of nitrogens with zero attached hydrogens (tertiary/aromatic N) is 1. The summed E-state index contributed by atoms with van der Waals surface area (Å²) in [4.78, 5) is 26.6. The van der Waals surface area contributed by atoms with E-state index in [0.717, 1.165) is 49.2 Å². The highest BCUT2D eigenvalue weighted by Crippen LogP contribution is 2.18. The first-order valence-corrected chi connectivity index (χ1v) is 9.28. The summed E-state index contributed by atoms with van der Waals surface area (Å²) in [7, 11) is 0. The molecule has 2 N–H and O–H groups in total. The lowest BCUT2D eigenvalue weighted by Gasteiger charge is -2.31. The summed E-state index contributed by atoms with van der Waals surface area (Å²) in [5.74, 6) is 0.244. The molecule has 0 aromatic heterocycles. The Morgan fingerprint density at radius 2 is 1.76 bits per heavy atom. The fourth-order valence-electron chi connectivity index (χ4n) is 3.27. The van der Waals surface area contributed by atoms with Crippen molar-refractivity contribution in [2.75, 3.05) is 25.0 Å². The van der Waals surface area contributed by atoms with Gasteiger partial charge in [-0.05, 0) is 76.4 Å². The van der Waals surface area contributed by atoms with Crippen molar-refractivity contribution in [3.8, 4) is 0 Å². The first-order valence-electron chi connectivity index (χ1n) is 9.28. The van der Waals surface area contributed by atoms with Gasteiger partial charge in [0.1, 0.15) is 0 Å². The molecule has 0 spiro atoms. The number of anilines is 1. The van der Waals surface area contributed by atoms with Gasteiger partial charge in [0.15, 0.2) is 0 Å². The van der Waals surface area contributed by atoms with E-state index < -0.39 is 0 Å². The lowest BCUT2D eigenvalue weighted by molar-refractivity contribution is -0.127. The van der Waals surface area contributed by atoms with Crippen molar-refractivity contribution < 1.29 is 9.59 Å². The molecule has 0 saturated carbocycles. The average molecular weight is 345 g/mol. The van der Waals surface area contributed by atoms with Crippen LogP contribution in [0.3, 0.4) is 0 Å². The van der Waals surface area contributed by atoms with E-state index in [1.165, 1.54) is 0 Å². The maximum Gasteiger partial charge on any atom is 0.238 e. The first kappa shape index (κ1) is 19.4. The zero-order chi connectivity index (χ0) is 18.4. The first-order chi connectivity index (χ1) is 11.9. The summed E-state index contributed by atoms with van der Waals surface area (Å²) >= 11 is 0. The molecule has 5 heteroatoms. The van der Waals surface area contributed by atoms with Crippen LogP contribution >= 0.6 is 0 Å². The summed E-state index contributed by atoms with van der Waals surface area (Å²) in [5, 5.41) is 6.04. The van der Waals surface area contributed by atoms with E-state index in [2.05, 4.69) is 28.5 Å². The molecule has 1 aromatic rings. The van der Waals surface area contributed by atoms with Gasteiger partial charge in [0, 0.05) is 17.6 Å². The highest BCUT2D eigenvalue weighted by atomic mass is 16.2. The summed E-state index contributed by atoms with van der Waals surface area (Å²) in [6.45, 7) is 10.1. The highest BCUT2D eigenvalue weighted by molar-refractivity contribution is 5.92. The van der Waals surface area contributed by atoms with Crippen molar-refractivity contribution >= 4 is 17.5 Å². The number of rotatable bonds is 6. The maximum absolute atomic E-state index is 12.3. The maximum atomic E-state index is 12.3. The predicted octanol–water partition coefficient (Wildman–Crippen LogP) is 2.87. The normalized spacial score (nSPS) is 17.1. The van der Waals surface area contributed by atoms with Crippen molar-refractivity contribution in [1.82, 2.24) is 10.2 Å². The van der Waals surface area contributed by atoms with Crippen LogP contribution in [0, 0.1) is 19.8 Å². The van der Waals surface area contributed by atoms with Gasteiger partial charge in [0.2, 0.25) is 11.8 Å². The largest absolute Gasteiger partial charge is 0.353 e. The number of benzene rings is 1. The van der Waals surface area contributed by atoms with Crippen LogP contribution in [0.2, 0.25) is 0 Å². The van der Waals surface area contributed by atoms with Crippen molar-refractivity contribution in [3.05, 3.63) is 29.3 Å². The Labute approximate surface area is 151 Å². The number of aryl methyl sites for hydroxylation is 2. The molecule has 138 valence electrons. The molecule has 1 aromatic carbocycles. The number of hydrogen-bond acceptors (Lipinski definition) is 3. The van der Waals surface area contributed by atoms with Gasteiger partial charge in [-0.1, -0.05) is 13.0 Å². The van der Waals surface area contributed by atoms with Crippen LogP contribution in [0.15, 0.2) is 18.2 Å². The molecule has 1 aliphatic rings. The summed E-state index contributed by atoms with van der Waals surface area (Å²) in [5.41, 5.74) is 3.14. The van der Waals surface area contributed by atoms with Crippen LogP contribution < -0.4 is 10.6 Å². The minimum atomic E-state index is 0.00695. The standard InChI is InChI=1S/C20H31N3O2/c1-5-16(4)21-20(25)17-6-8-23(9-7-17)13-19(24)22-18-11-14(2)10-15(3)12-18/h10-12,16-17H,5-9,13H2,1-4H3,(H,21,25)(H,22,24). The monoisotopic (exact) mass is 345 g/mol. The van der Waals surface area contributed by atoms with Crippen LogP contribution in [0.4, 0.5) is 5.69 Å². The molecular formula is C20H31N3O2. The Hall–Kier alpha value is -1.88. The zero-order valence-electron chi connectivity index (χ0n) is 15.9. The number of amides is 2. The third-order valence-corrected chi connectivity index (χ3v) is 4.83. The number of likely N-dealkylation sites (tertiary alicyclic amines) is 1. The molecular weight excluding hydrogens is 314 g/mol. The Kier molecular flexibility index (Phi) is 7.00. The second-order valence-electron chi connectivity index (χ2n) is 7.29. The van der Waals surface area contributed by atoms with E-state index in [0.29, 0.717) is 6.54 Å². The number of carbonyl (C=O) groups excluding carboxylic acids is 2. The van der Waals surface area contributed by atoms with Crippen molar-refractivity contribution in [2.24, 2.45) is 5.92 Å². The molecule has 0 aliphatic carbocycles. The Bertz CT molecular complexity index is 587. The third-order valence-electron chi connectivity index (χ3n) is 4.83. The van der Waals surface area contributed by atoms with Crippen molar-refractivity contribution in [3.63, 3.8) is 0 Å². The van der Waals surface area contributed by atoms with Crippen LogP contribution in [0.25, 0.3) is 0 Å². The minimum Gasteiger partial charge on any atom is -0.353 e. The SMILES string of the molecule is CCC(C)NC(=O)C1CCN(CC(=O)Nc2cc(C)cc(C)c2)CC1. The zero-order valence-corrected chi connectivity index (χ0v) is 15.9. The van der Waals surface area contributed by atoms with E-state index in [1.54, 1.807) is 0 Å². The molecule has 1 aliphatic heterocycles. The molecule has 2 rings (SSSR count). The predicted molar refractivity (Wildman–Crippen MR) is 102 cm³/mol. The van der Waals surface area contributed by atoms with Crippen molar-refractivity contribution in [1.29, 1.82) is 0 Å². The molecule has 25 heavy (non-hydrogen) atoms. The number of piperidine rings is 1. The Morgan fingerprint density at radius 1 is 1.16 bits per heavy atom. The van der Waals surface area contributed by atoms with Gasteiger partial charge in [0.25, 0.3) is 0 Å². The van der Waals surface area contributed by atoms with E-state index >= 15 is 0 Å². The second kappa shape index (κ2) is 8.99. The molecule has 1 atom stereocenters. The number of hydrogen-bond donors (Lipinski definition) is 2. The minimum absolute atomic E-state index is 0.00695. The van der Waals surface area contributed by atoms with Gasteiger partial charge in [-0.25, -0.2) is 0 Å². The summed E-state index contributed by atoms with van der Waals surface area (Å²) in [6, 6.07) is 6.28. The second-order valence-corrected chi connectivity index (χ2v) is 7.29. The fourth-order valence-corrected chi connectivity index (χ4v) is 3.27. The van der Waals surface area contributed by atoms with Gasteiger partial charge >= 0.3 is 0 Å². The summed E-state index contributed by atoms with van der Waals surface area (Å²) < 4.78 is 0.